The number of carbonyl (C=O) groups is 2. The molecule has 0 atom stereocenters. The number of benzene rings is 3. The van der Waals surface area contributed by atoms with Crippen LogP contribution in [0, 0.1) is 0 Å². The summed E-state index contributed by atoms with van der Waals surface area (Å²) >= 11 is 5.96. The van der Waals surface area contributed by atoms with Crippen molar-refractivity contribution in [1.29, 1.82) is 0 Å². The topological polar surface area (TPSA) is 117 Å². The first-order valence-electron chi connectivity index (χ1n) is 11.3. The highest BCUT2D eigenvalue weighted by Crippen LogP contribution is 2.21. The molecular weight excluding hydrogens is 516 g/mol. The van der Waals surface area contributed by atoms with Crippen molar-refractivity contribution in [1.82, 2.24) is 5.43 Å². The Morgan fingerprint density at radius 1 is 1.00 bits per heavy atom. The average Bonchev–Trinajstić information content (AvgIpc) is 2.86. The van der Waals surface area contributed by atoms with Gasteiger partial charge in [0.1, 0.15) is 12.3 Å². The van der Waals surface area contributed by atoms with Gasteiger partial charge >= 0.3 is 0 Å². The summed E-state index contributed by atoms with van der Waals surface area (Å²) in [6.45, 7) is 3.54. The molecule has 3 aromatic rings. The lowest BCUT2D eigenvalue weighted by Crippen LogP contribution is -2.39. The summed E-state index contributed by atoms with van der Waals surface area (Å²) in [5.74, 6) is -0.350. The van der Waals surface area contributed by atoms with Crippen molar-refractivity contribution in [2.75, 3.05) is 29.0 Å². The Kier molecular flexibility index (Phi) is 9.26. The van der Waals surface area contributed by atoms with E-state index in [1.54, 1.807) is 79.7 Å². The second-order valence-corrected chi connectivity index (χ2v) is 10.3. The predicted octanol–water partition coefficient (Wildman–Crippen LogP) is 4.30. The summed E-state index contributed by atoms with van der Waals surface area (Å²) in [4.78, 5) is 25.1. The number of carbonyl (C=O) groups excluding carboxylic acids is 2. The first-order chi connectivity index (χ1) is 17.6. The molecule has 3 aromatic carbocycles. The van der Waals surface area contributed by atoms with Gasteiger partial charge in [0, 0.05) is 16.3 Å². The Balaban J connectivity index is 1.67. The van der Waals surface area contributed by atoms with E-state index in [0.29, 0.717) is 45.6 Å². The van der Waals surface area contributed by atoms with Crippen LogP contribution < -0.4 is 19.8 Å². The largest absolute Gasteiger partial charge is 0.494 e. The molecule has 37 heavy (non-hydrogen) atoms. The second kappa shape index (κ2) is 12.4. The molecule has 0 aliphatic carbocycles. The fourth-order valence-electron chi connectivity index (χ4n) is 3.31. The quantitative estimate of drug-likeness (QED) is 0.292. The van der Waals surface area contributed by atoms with Crippen molar-refractivity contribution >= 4 is 50.5 Å². The minimum absolute atomic E-state index is 0.322. The van der Waals surface area contributed by atoms with E-state index in [1.165, 1.54) is 0 Å². The van der Waals surface area contributed by atoms with Gasteiger partial charge < -0.3 is 10.1 Å². The molecule has 2 N–H and O–H groups in total. The molecule has 0 aliphatic heterocycles. The number of hydrogen-bond donors (Lipinski definition) is 2. The highest BCUT2D eigenvalue weighted by molar-refractivity contribution is 7.92. The van der Waals surface area contributed by atoms with Crippen LogP contribution in [0.4, 0.5) is 11.4 Å². The lowest BCUT2D eigenvalue weighted by molar-refractivity contribution is -0.119. The van der Waals surface area contributed by atoms with Gasteiger partial charge in [0.2, 0.25) is 10.0 Å². The number of nitrogens with zero attached hydrogens (tertiary/aromatic N) is 2. The number of ether oxygens (including phenoxy) is 1. The summed E-state index contributed by atoms with van der Waals surface area (Å²) in [7, 11) is -3.74. The van der Waals surface area contributed by atoms with Gasteiger partial charge in [-0.2, -0.15) is 5.10 Å². The van der Waals surface area contributed by atoms with E-state index in [9.17, 15) is 18.0 Å². The van der Waals surface area contributed by atoms with E-state index in [4.69, 9.17) is 16.3 Å². The fraction of sp³-hybridized carbons (Fsp3) is 0.192. The van der Waals surface area contributed by atoms with E-state index in [2.05, 4.69) is 15.8 Å². The minimum atomic E-state index is -3.74. The van der Waals surface area contributed by atoms with Crippen molar-refractivity contribution in [3.05, 3.63) is 88.9 Å². The zero-order valence-electron chi connectivity index (χ0n) is 20.6. The number of amides is 2. The second-order valence-electron chi connectivity index (χ2n) is 7.97. The molecule has 0 bridgehead atoms. The van der Waals surface area contributed by atoms with Gasteiger partial charge in [-0.1, -0.05) is 29.8 Å². The van der Waals surface area contributed by atoms with Crippen LogP contribution >= 0.6 is 11.6 Å². The maximum Gasteiger partial charge on any atom is 0.260 e. The van der Waals surface area contributed by atoms with Crippen molar-refractivity contribution in [2.24, 2.45) is 5.10 Å². The van der Waals surface area contributed by atoms with Crippen LogP contribution in [0.2, 0.25) is 5.02 Å². The Morgan fingerprint density at radius 3 is 2.32 bits per heavy atom. The zero-order chi connectivity index (χ0) is 27.0. The van der Waals surface area contributed by atoms with Gasteiger partial charge in [-0.15, -0.1) is 0 Å². The lowest BCUT2D eigenvalue weighted by Gasteiger charge is -2.21. The number of anilines is 2. The molecule has 3 rings (SSSR count). The van der Waals surface area contributed by atoms with E-state index in [0.717, 1.165) is 10.6 Å². The van der Waals surface area contributed by atoms with Crippen molar-refractivity contribution in [3.63, 3.8) is 0 Å². The molecule has 0 fully saturated rings. The highest BCUT2D eigenvalue weighted by Gasteiger charge is 2.21. The summed E-state index contributed by atoms with van der Waals surface area (Å²) in [6, 6.07) is 19.9. The first-order valence-corrected chi connectivity index (χ1v) is 13.5. The van der Waals surface area contributed by atoms with Crippen LogP contribution in [0.5, 0.6) is 5.75 Å². The highest BCUT2D eigenvalue weighted by atomic mass is 35.5. The van der Waals surface area contributed by atoms with Crippen molar-refractivity contribution < 1.29 is 22.7 Å². The van der Waals surface area contributed by atoms with Crippen LogP contribution in [-0.4, -0.2) is 45.4 Å². The van der Waals surface area contributed by atoms with Crippen LogP contribution in [0.25, 0.3) is 0 Å². The van der Waals surface area contributed by atoms with Gasteiger partial charge in [-0.05, 0) is 74.0 Å². The first kappa shape index (κ1) is 27.7. The Hall–Kier alpha value is -3.89. The smallest absolute Gasteiger partial charge is 0.260 e. The monoisotopic (exact) mass is 542 g/mol. The molecule has 2 amide bonds. The number of hydrogen-bond acceptors (Lipinski definition) is 6. The molecule has 9 nitrogen and oxygen atoms in total. The van der Waals surface area contributed by atoms with Crippen LogP contribution in [0.15, 0.2) is 77.9 Å². The normalized spacial score (nSPS) is 11.5. The summed E-state index contributed by atoms with van der Waals surface area (Å²) in [5, 5.41) is 7.35. The molecular formula is C26H27ClN4O5S. The summed E-state index contributed by atoms with van der Waals surface area (Å²) in [5.41, 5.74) is 4.77. The van der Waals surface area contributed by atoms with Crippen LogP contribution in [0.3, 0.4) is 0 Å². The molecule has 0 saturated heterocycles. The van der Waals surface area contributed by atoms with Crippen molar-refractivity contribution in [3.8, 4) is 5.75 Å². The minimum Gasteiger partial charge on any atom is -0.494 e. The number of halogens is 1. The van der Waals surface area contributed by atoms with Gasteiger partial charge in [-0.3, -0.25) is 13.9 Å². The Morgan fingerprint density at radius 2 is 1.68 bits per heavy atom. The molecule has 194 valence electrons. The van der Waals surface area contributed by atoms with Gasteiger partial charge in [0.25, 0.3) is 11.8 Å². The summed E-state index contributed by atoms with van der Waals surface area (Å²) < 4.78 is 31.0. The average molecular weight is 543 g/mol. The molecule has 0 aliphatic rings. The third-order valence-electron chi connectivity index (χ3n) is 5.10. The number of nitrogens with one attached hydrogen (secondary N) is 2. The van der Waals surface area contributed by atoms with Crippen LogP contribution in [0.1, 0.15) is 29.8 Å². The van der Waals surface area contributed by atoms with Gasteiger partial charge in [-0.25, -0.2) is 13.8 Å². The van der Waals surface area contributed by atoms with Crippen molar-refractivity contribution in [2.45, 2.75) is 13.8 Å². The SMILES string of the molecule is CCOc1ccc(N(CC(=O)NN=C(C)c2cccc(NC(=O)c3cccc(Cl)c3)c2)S(C)(=O)=O)cc1. The fourth-order valence-corrected chi connectivity index (χ4v) is 4.35. The standard InChI is InChI=1S/C26H27ClN4O5S/c1-4-36-24-13-11-23(12-14-24)31(37(3,34)35)17-25(32)30-29-18(2)19-7-6-10-22(16-19)28-26(33)20-8-5-9-21(27)15-20/h5-16H,4,17H2,1-3H3,(H,28,33)(H,30,32). The Labute approximate surface area is 221 Å². The van der Waals surface area contributed by atoms with E-state index < -0.39 is 22.5 Å². The van der Waals surface area contributed by atoms with Crippen LogP contribution in [-0.2, 0) is 14.8 Å². The molecule has 0 aromatic heterocycles. The number of sulfonamides is 1. The maximum atomic E-state index is 12.6. The molecule has 0 unspecified atom stereocenters. The molecule has 0 saturated carbocycles. The molecule has 11 heteroatoms. The third-order valence-corrected chi connectivity index (χ3v) is 6.47. The number of hydrazone groups is 1. The third kappa shape index (κ3) is 8.06. The predicted molar refractivity (Wildman–Crippen MR) is 146 cm³/mol. The maximum absolute atomic E-state index is 12.6. The molecule has 0 radical (unpaired) electrons. The molecule has 0 spiro atoms. The summed E-state index contributed by atoms with van der Waals surface area (Å²) in [6.07, 6.45) is 1.02. The molecule has 0 heterocycles. The number of rotatable bonds is 10. The van der Waals surface area contributed by atoms with E-state index in [1.807, 2.05) is 6.92 Å². The van der Waals surface area contributed by atoms with E-state index >= 15 is 0 Å². The lowest BCUT2D eigenvalue weighted by atomic mass is 10.1. The van der Waals surface area contributed by atoms with Gasteiger partial charge in [0.05, 0.1) is 24.3 Å². The zero-order valence-corrected chi connectivity index (χ0v) is 22.1. The Bertz CT molecular complexity index is 1410. The van der Waals surface area contributed by atoms with E-state index in [-0.39, 0.29) is 5.91 Å². The van der Waals surface area contributed by atoms with Gasteiger partial charge in [0.15, 0.2) is 0 Å².